The summed E-state index contributed by atoms with van der Waals surface area (Å²) in [5, 5.41) is 11.0. The van der Waals surface area contributed by atoms with Crippen LogP contribution in [0.5, 0.6) is 0 Å². The maximum absolute atomic E-state index is 13.2. The maximum Gasteiger partial charge on any atom is 0.252 e. The monoisotopic (exact) mass is 298 g/mol. The zero-order valence-corrected chi connectivity index (χ0v) is 10.8. The Balaban J connectivity index is 2.48. The van der Waals surface area contributed by atoms with E-state index >= 15 is 0 Å². The third kappa shape index (κ3) is 4.16. The molecule has 0 fully saturated rings. The molecule has 0 saturated carbocycles. The molecule has 1 amide bonds. The second-order valence-electron chi connectivity index (χ2n) is 3.47. The molecule has 0 aromatic heterocycles. The van der Waals surface area contributed by atoms with Crippen molar-refractivity contribution in [3.05, 3.63) is 34.1 Å². The summed E-state index contributed by atoms with van der Waals surface area (Å²) < 4.78 is 13.3. The Morgan fingerprint density at radius 3 is 2.94 bits per heavy atom. The topological polar surface area (TPSA) is 52.9 Å². The first-order valence-electron chi connectivity index (χ1n) is 5.26. The van der Waals surface area contributed by atoms with Crippen LogP contribution in [0.15, 0.2) is 22.7 Å². The van der Waals surface area contributed by atoms with Crippen LogP contribution in [0.4, 0.5) is 4.39 Å². The molecule has 0 heterocycles. The van der Waals surface area contributed by atoms with Gasteiger partial charge in [-0.2, -0.15) is 5.26 Å². The van der Waals surface area contributed by atoms with E-state index in [4.69, 9.17) is 5.26 Å². The van der Waals surface area contributed by atoms with E-state index in [9.17, 15) is 9.18 Å². The van der Waals surface area contributed by atoms with E-state index < -0.39 is 5.82 Å². The third-order valence-corrected chi connectivity index (χ3v) is 3.00. The molecule has 1 aromatic rings. The number of amides is 1. The van der Waals surface area contributed by atoms with Gasteiger partial charge in [0.15, 0.2) is 0 Å². The number of nitrogens with zero attached hydrogens (tertiary/aromatic N) is 1. The predicted molar refractivity (Wildman–Crippen MR) is 65.9 cm³/mol. The third-order valence-electron chi connectivity index (χ3n) is 2.20. The van der Waals surface area contributed by atoms with E-state index in [1.165, 1.54) is 12.1 Å². The summed E-state index contributed by atoms with van der Waals surface area (Å²) in [6, 6.07) is 6.36. The number of nitrogens with one attached hydrogen (secondary N) is 1. The summed E-state index contributed by atoms with van der Waals surface area (Å²) in [6.45, 7) is 0.490. The Morgan fingerprint density at radius 2 is 2.24 bits per heavy atom. The van der Waals surface area contributed by atoms with Crippen molar-refractivity contribution in [1.82, 2.24) is 5.32 Å². The molecule has 1 N–H and O–H groups in total. The van der Waals surface area contributed by atoms with Gasteiger partial charge in [0.25, 0.3) is 5.91 Å². The number of halogens is 2. The summed E-state index contributed by atoms with van der Waals surface area (Å²) in [7, 11) is 0. The number of carbonyl (C=O) groups is 1. The number of hydrogen-bond donors (Lipinski definition) is 1. The van der Waals surface area contributed by atoms with Crippen molar-refractivity contribution in [2.24, 2.45) is 0 Å². The number of hydrogen-bond acceptors (Lipinski definition) is 2. The minimum atomic E-state index is -0.456. The van der Waals surface area contributed by atoms with Crippen LogP contribution in [0.1, 0.15) is 29.6 Å². The van der Waals surface area contributed by atoms with Gasteiger partial charge < -0.3 is 5.32 Å². The van der Waals surface area contributed by atoms with E-state index in [-0.39, 0.29) is 15.9 Å². The van der Waals surface area contributed by atoms with E-state index in [2.05, 4.69) is 21.2 Å². The van der Waals surface area contributed by atoms with Gasteiger partial charge in [-0.05, 0) is 40.9 Å². The fraction of sp³-hybridized carbons (Fsp3) is 0.333. The van der Waals surface area contributed by atoms with E-state index in [0.29, 0.717) is 13.0 Å². The van der Waals surface area contributed by atoms with Gasteiger partial charge in [0.05, 0.1) is 16.1 Å². The number of carbonyl (C=O) groups excluding carboxylic acids is 1. The van der Waals surface area contributed by atoms with Crippen LogP contribution >= 0.6 is 15.9 Å². The second kappa shape index (κ2) is 7.02. The first-order chi connectivity index (χ1) is 8.16. The number of nitriles is 1. The largest absolute Gasteiger partial charge is 0.352 e. The molecular weight excluding hydrogens is 287 g/mol. The van der Waals surface area contributed by atoms with Crippen LogP contribution in [-0.4, -0.2) is 12.5 Å². The van der Waals surface area contributed by atoms with Gasteiger partial charge >= 0.3 is 0 Å². The molecule has 0 saturated heterocycles. The Hall–Kier alpha value is -1.41. The molecule has 5 heteroatoms. The van der Waals surface area contributed by atoms with Gasteiger partial charge in [-0.3, -0.25) is 4.79 Å². The minimum Gasteiger partial charge on any atom is -0.352 e. The molecule has 17 heavy (non-hydrogen) atoms. The molecule has 90 valence electrons. The zero-order chi connectivity index (χ0) is 12.7. The molecule has 0 bridgehead atoms. The molecule has 0 atom stereocenters. The summed E-state index contributed by atoms with van der Waals surface area (Å²) in [6.07, 6.45) is 1.98. The molecule has 0 aliphatic rings. The summed E-state index contributed by atoms with van der Waals surface area (Å²) >= 11 is 3.04. The maximum atomic E-state index is 13.2. The summed E-state index contributed by atoms with van der Waals surface area (Å²) in [5.74, 6) is -0.768. The van der Waals surface area contributed by atoms with Gasteiger partial charge in [-0.15, -0.1) is 0 Å². The highest BCUT2D eigenvalue weighted by molar-refractivity contribution is 9.10. The molecule has 0 aliphatic carbocycles. The highest BCUT2D eigenvalue weighted by Crippen LogP contribution is 2.20. The molecule has 3 nitrogen and oxygen atoms in total. The van der Waals surface area contributed by atoms with Crippen molar-refractivity contribution in [1.29, 1.82) is 5.26 Å². The molecule has 0 unspecified atom stereocenters. The van der Waals surface area contributed by atoms with Crippen molar-refractivity contribution >= 4 is 21.8 Å². The predicted octanol–water partition coefficient (Wildman–Crippen LogP) is 3.01. The van der Waals surface area contributed by atoms with Crippen LogP contribution in [0, 0.1) is 17.1 Å². The molecule has 0 radical (unpaired) electrons. The molecule has 1 rings (SSSR count). The molecule has 0 spiro atoms. The number of benzene rings is 1. The lowest BCUT2D eigenvalue weighted by Crippen LogP contribution is -2.24. The van der Waals surface area contributed by atoms with Crippen LogP contribution in [0.2, 0.25) is 0 Å². The van der Waals surface area contributed by atoms with Crippen molar-refractivity contribution in [2.75, 3.05) is 6.54 Å². The number of unbranched alkanes of at least 4 members (excludes halogenated alkanes) is 2. The van der Waals surface area contributed by atoms with Crippen LogP contribution in [0.3, 0.4) is 0 Å². The fourth-order valence-corrected chi connectivity index (χ4v) is 1.75. The highest BCUT2D eigenvalue weighted by Gasteiger charge is 2.11. The first-order valence-corrected chi connectivity index (χ1v) is 6.05. The zero-order valence-electron chi connectivity index (χ0n) is 9.17. The SMILES string of the molecule is N#CCCCCNC(=O)c1cccc(F)c1Br. The minimum absolute atomic E-state index is 0.175. The Labute approximate surface area is 108 Å². The van der Waals surface area contributed by atoms with Crippen LogP contribution in [-0.2, 0) is 0 Å². The van der Waals surface area contributed by atoms with E-state index in [1.807, 2.05) is 6.07 Å². The van der Waals surface area contributed by atoms with Crippen molar-refractivity contribution < 1.29 is 9.18 Å². The van der Waals surface area contributed by atoms with Crippen LogP contribution in [0.25, 0.3) is 0 Å². The molecule has 1 aromatic carbocycles. The highest BCUT2D eigenvalue weighted by atomic mass is 79.9. The number of rotatable bonds is 5. The van der Waals surface area contributed by atoms with Gasteiger partial charge in [-0.25, -0.2) is 4.39 Å². The Morgan fingerprint density at radius 1 is 1.47 bits per heavy atom. The standard InChI is InChI=1S/C12H12BrFN2O/c13-11-9(5-4-6-10(11)14)12(17)16-8-3-1-2-7-15/h4-6H,1-3,8H2,(H,16,17). The molecule has 0 aliphatic heterocycles. The van der Waals surface area contributed by atoms with Gasteiger partial charge in [0.1, 0.15) is 5.82 Å². The van der Waals surface area contributed by atoms with Crippen molar-refractivity contribution in [3.8, 4) is 6.07 Å². The van der Waals surface area contributed by atoms with Gasteiger partial charge in [0, 0.05) is 13.0 Å². The van der Waals surface area contributed by atoms with Crippen LogP contribution < -0.4 is 5.32 Å². The van der Waals surface area contributed by atoms with E-state index in [0.717, 1.165) is 12.8 Å². The van der Waals surface area contributed by atoms with Crippen molar-refractivity contribution in [3.63, 3.8) is 0 Å². The van der Waals surface area contributed by atoms with Gasteiger partial charge in [-0.1, -0.05) is 6.07 Å². The molecular formula is C12H12BrFN2O. The average molecular weight is 299 g/mol. The quantitative estimate of drug-likeness (QED) is 0.850. The van der Waals surface area contributed by atoms with Gasteiger partial charge in [0.2, 0.25) is 0 Å². The lowest BCUT2D eigenvalue weighted by Gasteiger charge is -2.06. The van der Waals surface area contributed by atoms with E-state index in [1.54, 1.807) is 6.07 Å². The average Bonchev–Trinajstić information content (AvgIpc) is 2.32. The fourth-order valence-electron chi connectivity index (χ4n) is 1.31. The lowest BCUT2D eigenvalue weighted by molar-refractivity contribution is 0.0951. The Kier molecular flexibility index (Phi) is 5.64. The summed E-state index contributed by atoms with van der Waals surface area (Å²) in [4.78, 5) is 11.7. The second-order valence-corrected chi connectivity index (χ2v) is 4.27. The normalized spacial score (nSPS) is 9.71. The first kappa shape index (κ1) is 13.7. The summed E-state index contributed by atoms with van der Waals surface area (Å²) in [5.41, 5.74) is 0.283. The Bertz CT molecular complexity index is 443. The van der Waals surface area contributed by atoms with Crippen molar-refractivity contribution in [2.45, 2.75) is 19.3 Å². The smallest absolute Gasteiger partial charge is 0.252 e. The lowest BCUT2D eigenvalue weighted by atomic mass is 10.2.